The Morgan fingerprint density at radius 2 is 2.25 bits per heavy atom. The highest BCUT2D eigenvalue weighted by Crippen LogP contribution is 2.25. The summed E-state index contributed by atoms with van der Waals surface area (Å²) in [6.45, 7) is 3.98. The number of aromatic nitrogens is 1. The van der Waals surface area contributed by atoms with Gasteiger partial charge in [0, 0.05) is 13.0 Å². The average molecular weight is 333 g/mol. The zero-order chi connectivity index (χ0) is 16.9. The molecule has 1 unspecified atom stereocenters. The number of hydrogen-bond acceptors (Lipinski definition) is 5. The monoisotopic (exact) mass is 333 g/mol. The SMILES string of the molecule is C[NH+]1CCc2c(C#N)c(NCCO)[nH+]c(NC[C@@H]3CCCO3)c2C1. The highest BCUT2D eigenvalue weighted by Gasteiger charge is 2.29. The maximum atomic E-state index is 9.61. The summed E-state index contributed by atoms with van der Waals surface area (Å²) in [5.41, 5.74) is 2.99. The van der Waals surface area contributed by atoms with Crippen LogP contribution in [0.15, 0.2) is 0 Å². The Hall–Kier alpha value is -1.88. The van der Waals surface area contributed by atoms with Gasteiger partial charge in [0.15, 0.2) is 0 Å². The number of rotatable bonds is 6. The summed E-state index contributed by atoms with van der Waals surface area (Å²) in [5.74, 6) is 1.67. The molecule has 130 valence electrons. The second-order valence-electron chi connectivity index (χ2n) is 6.62. The van der Waals surface area contributed by atoms with Crippen LogP contribution in [0.1, 0.15) is 29.5 Å². The van der Waals surface area contributed by atoms with Crippen LogP contribution in [0.5, 0.6) is 0 Å². The lowest BCUT2D eigenvalue weighted by Gasteiger charge is -2.24. The summed E-state index contributed by atoms with van der Waals surface area (Å²) in [5, 5.41) is 25.3. The van der Waals surface area contributed by atoms with Gasteiger partial charge in [-0.3, -0.25) is 0 Å². The van der Waals surface area contributed by atoms with Crippen LogP contribution in [0.2, 0.25) is 0 Å². The van der Waals surface area contributed by atoms with E-state index in [4.69, 9.17) is 9.84 Å². The summed E-state index contributed by atoms with van der Waals surface area (Å²) in [4.78, 5) is 4.79. The Kier molecular flexibility index (Phi) is 5.51. The normalized spacial score (nSPS) is 22.7. The topological polar surface area (TPSA) is 95.9 Å². The van der Waals surface area contributed by atoms with E-state index in [1.165, 1.54) is 10.5 Å². The standard InChI is InChI=1S/C17H25N5O2/c1-22-6-4-13-14(9-18)16(19-5-7-23)21-17(15(13)11-22)20-10-12-3-2-8-24-12/h12,23H,2-8,10-11H2,1H3,(H2,19,20,21)/p+2/t12-/m0/s1. The Bertz CT molecular complexity index is 622. The number of fused-ring (bicyclic) bond motifs is 1. The predicted molar refractivity (Wildman–Crippen MR) is 89.9 cm³/mol. The molecule has 1 aromatic rings. The summed E-state index contributed by atoms with van der Waals surface area (Å²) in [6, 6.07) is 2.33. The van der Waals surface area contributed by atoms with Crippen molar-refractivity contribution in [1.82, 2.24) is 0 Å². The van der Waals surface area contributed by atoms with E-state index in [1.807, 2.05) is 0 Å². The third-order valence-electron chi connectivity index (χ3n) is 4.80. The van der Waals surface area contributed by atoms with Gasteiger partial charge in [-0.1, -0.05) is 0 Å². The van der Waals surface area contributed by atoms with Crippen molar-refractivity contribution in [2.45, 2.75) is 31.9 Å². The molecule has 24 heavy (non-hydrogen) atoms. The van der Waals surface area contributed by atoms with Gasteiger partial charge in [0.05, 0.1) is 45.0 Å². The molecule has 5 N–H and O–H groups in total. The molecule has 2 aliphatic rings. The largest absolute Gasteiger partial charge is 0.393 e. The maximum absolute atomic E-state index is 9.61. The Balaban J connectivity index is 1.90. The zero-order valence-electron chi connectivity index (χ0n) is 14.2. The van der Waals surface area contributed by atoms with Crippen molar-refractivity contribution in [2.24, 2.45) is 0 Å². The molecule has 0 saturated carbocycles. The van der Waals surface area contributed by atoms with E-state index in [2.05, 4.69) is 28.7 Å². The third kappa shape index (κ3) is 3.61. The minimum absolute atomic E-state index is 0.0291. The van der Waals surface area contributed by atoms with E-state index in [-0.39, 0.29) is 12.7 Å². The molecule has 2 aliphatic heterocycles. The lowest BCUT2D eigenvalue weighted by atomic mass is 9.96. The molecular formula is C17H27N5O2+2. The molecule has 2 atom stereocenters. The molecule has 0 amide bonds. The number of hydrogen-bond donors (Lipinski definition) is 4. The third-order valence-corrected chi connectivity index (χ3v) is 4.80. The van der Waals surface area contributed by atoms with Crippen molar-refractivity contribution in [2.75, 3.05) is 50.5 Å². The Labute approximate surface area is 142 Å². The number of pyridine rings is 1. The van der Waals surface area contributed by atoms with Crippen molar-refractivity contribution in [3.8, 4) is 6.07 Å². The number of aliphatic hydroxyl groups is 1. The molecule has 0 radical (unpaired) electrons. The Morgan fingerprint density at radius 3 is 2.96 bits per heavy atom. The van der Waals surface area contributed by atoms with Crippen molar-refractivity contribution >= 4 is 11.6 Å². The molecule has 0 bridgehead atoms. The number of quaternary nitrogens is 1. The molecule has 3 rings (SSSR count). The number of H-pyrrole nitrogens is 1. The van der Waals surface area contributed by atoms with E-state index in [9.17, 15) is 5.26 Å². The molecule has 0 aliphatic carbocycles. The maximum Gasteiger partial charge on any atom is 0.237 e. The van der Waals surface area contributed by atoms with Gasteiger partial charge in [-0.2, -0.15) is 5.26 Å². The molecule has 1 saturated heterocycles. The van der Waals surface area contributed by atoms with Crippen LogP contribution < -0.4 is 20.5 Å². The van der Waals surface area contributed by atoms with Gasteiger partial charge in [-0.25, -0.2) is 4.98 Å². The minimum atomic E-state index is 0.0291. The highest BCUT2D eigenvalue weighted by molar-refractivity contribution is 5.60. The molecule has 7 heteroatoms. The number of nitrogens with zero attached hydrogens (tertiary/aromatic N) is 1. The summed E-state index contributed by atoms with van der Waals surface area (Å²) >= 11 is 0. The van der Waals surface area contributed by atoms with E-state index in [0.29, 0.717) is 17.9 Å². The highest BCUT2D eigenvalue weighted by atomic mass is 16.5. The van der Waals surface area contributed by atoms with Crippen LogP contribution in [0.4, 0.5) is 11.6 Å². The second-order valence-corrected chi connectivity index (χ2v) is 6.62. The van der Waals surface area contributed by atoms with E-state index in [1.54, 1.807) is 0 Å². The minimum Gasteiger partial charge on any atom is -0.393 e. The average Bonchev–Trinajstić information content (AvgIpc) is 3.11. The van der Waals surface area contributed by atoms with Crippen molar-refractivity contribution in [1.29, 1.82) is 5.26 Å². The first-order valence-electron chi connectivity index (χ1n) is 8.75. The molecule has 1 fully saturated rings. The predicted octanol–water partition coefficient (Wildman–Crippen LogP) is -1.06. The number of aliphatic hydroxyl groups excluding tert-OH is 1. The molecule has 1 aromatic heterocycles. The molecule has 3 heterocycles. The number of likely N-dealkylation sites (N-methyl/N-ethyl adjacent to an activating group) is 1. The molecule has 0 aromatic carbocycles. The van der Waals surface area contributed by atoms with Crippen LogP contribution in [0.25, 0.3) is 0 Å². The quantitative estimate of drug-likeness (QED) is 0.532. The fourth-order valence-electron chi connectivity index (χ4n) is 3.52. The van der Waals surface area contributed by atoms with Crippen LogP contribution in [-0.4, -0.2) is 51.1 Å². The zero-order valence-corrected chi connectivity index (χ0v) is 14.2. The number of nitrogens with one attached hydrogen (secondary N) is 4. The van der Waals surface area contributed by atoms with Crippen LogP contribution in [-0.2, 0) is 17.7 Å². The molecule has 0 spiro atoms. The first kappa shape index (κ1) is 17.0. The fraction of sp³-hybridized carbons (Fsp3) is 0.647. The van der Waals surface area contributed by atoms with Crippen molar-refractivity contribution in [3.05, 3.63) is 16.7 Å². The lowest BCUT2D eigenvalue weighted by molar-refractivity contribution is -0.895. The van der Waals surface area contributed by atoms with Gasteiger partial charge in [0.2, 0.25) is 11.6 Å². The first-order chi connectivity index (χ1) is 11.7. The van der Waals surface area contributed by atoms with E-state index >= 15 is 0 Å². The number of nitriles is 1. The number of aromatic amines is 1. The first-order valence-corrected chi connectivity index (χ1v) is 8.75. The van der Waals surface area contributed by atoms with Gasteiger partial charge < -0.3 is 25.4 Å². The molecular weight excluding hydrogens is 306 g/mol. The van der Waals surface area contributed by atoms with Gasteiger partial charge >= 0.3 is 0 Å². The van der Waals surface area contributed by atoms with Gasteiger partial charge in [-0.15, -0.1) is 0 Å². The smallest absolute Gasteiger partial charge is 0.237 e. The Morgan fingerprint density at radius 1 is 1.38 bits per heavy atom. The van der Waals surface area contributed by atoms with Crippen LogP contribution in [0, 0.1) is 11.3 Å². The van der Waals surface area contributed by atoms with Crippen LogP contribution >= 0.6 is 0 Å². The fourth-order valence-corrected chi connectivity index (χ4v) is 3.52. The van der Waals surface area contributed by atoms with Gasteiger partial charge in [0.25, 0.3) is 0 Å². The lowest BCUT2D eigenvalue weighted by Crippen LogP contribution is -3.08. The second kappa shape index (κ2) is 7.79. The van der Waals surface area contributed by atoms with Gasteiger partial charge in [0.1, 0.15) is 18.2 Å². The number of ether oxygens (including phenoxy) is 1. The number of anilines is 2. The van der Waals surface area contributed by atoms with E-state index in [0.717, 1.165) is 56.9 Å². The van der Waals surface area contributed by atoms with Gasteiger partial charge in [-0.05, 0) is 18.4 Å². The summed E-state index contributed by atoms with van der Waals surface area (Å²) in [7, 11) is 2.18. The summed E-state index contributed by atoms with van der Waals surface area (Å²) < 4.78 is 5.70. The summed E-state index contributed by atoms with van der Waals surface area (Å²) in [6.07, 6.45) is 3.36. The van der Waals surface area contributed by atoms with Crippen molar-refractivity contribution in [3.63, 3.8) is 0 Å². The van der Waals surface area contributed by atoms with Crippen LogP contribution in [0.3, 0.4) is 0 Å². The van der Waals surface area contributed by atoms with E-state index < -0.39 is 0 Å². The van der Waals surface area contributed by atoms with Crippen molar-refractivity contribution < 1.29 is 19.7 Å². The molecule has 7 nitrogen and oxygen atoms in total.